The first kappa shape index (κ1) is 14.7. The highest BCUT2D eigenvalue weighted by atomic mass is 16.5. The first-order valence-electron chi connectivity index (χ1n) is 5.84. The Balaban J connectivity index is 2.93. The lowest BCUT2D eigenvalue weighted by molar-refractivity contribution is -0.139. The quantitative estimate of drug-likeness (QED) is 0.417. The van der Waals surface area contributed by atoms with E-state index in [2.05, 4.69) is 10.6 Å². The van der Waals surface area contributed by atoms with E-state index in [1.165, 1.54) is 0 Å². The summed E-state index contributed by atoms with van der Waals surface area (Å²) in [4.78, 5) is 0. The molecule has 0 heterocycles. The van der Waals surface area contributed by atoms with Crippen molar-refractivity contribution in [3.8, 4) is 0 Å². The van der Waals surface area contributed by atoms with Gasteiger partial charge in [-0.1, -0.05) is 26.0 Å². The van der Waals surface area contributed by atoms with Gasteiger partial charge in [0.1, 0.15) is 0 Å². The third kappa shape index (κ3) is 4.15. The van der Waals surface area contributed by atoms with E-state index in [1.807, 2.05) is 0 Å². The predicted molar refractivity (Wildman–Crippen MR) is 68.6 cm³/mol. The van der Waals surface area contributed by atoms with Crippen molar-refractivity contribution in [2.24, 2.45) is 0 Å². The molecule has 0 aliphatic heterocycles. The molecule has 0 aliphatic rings. The maximum Gasteiger partial charge on any atom is 0.243 e. The average molecular weight is 256 g/mol. The van der Waals surface area contributed by atoms with Crippen LogP contribution in [0.5, 0.6) is 0 Å². The third-order valence-corrected chi connectivity index (χ3v) is 2.58. The average Bonchev–Trinajstić information content (AvgIpc) is 2.31. The van der Waals surface area contributed by atoms with Crippen molar-refractivity contribution in [1.82, 2.24) is 0 Å². The normalized spacial score (nSPS) is 12.3. The molecule has 1 aromatic rings. The zero-order valence-corrected chi connectivity index (χ0v) is 10.5. The summed E-state index contributed by atoms with van der Waals surface area (Å²) in [6.45, 7) is 3.22. The van der Waals surface area contributed by atoms with Crippen LogP contribution in [0.15, 0.2) is 24.3 Å². The molecule has 0 saturated carbocycles. The molecule has 6 heteroatoms. The Hall–Kier alpha value is -1.34. The Bertz CT molecular complexity index is 356. The molecule has 0 atom stereocenters. The number of hydrogen-bond acceptors (Lipinski definition) is 6. The van der Waals surface area contributed by atoms with Gasteiger partial charge in [0.05, 0.1) is 11.4 Å². The fourth-order valence-electron chi connectivity index (χ4n) is 1.31. The van der Waals surface area contributed by atoms with Gasteiger partial charge in [-0.05, 0) is 12.1 Å². The van der Waals surface area contributed by atoms with Gasteiger partial charge < -0.3 is 31.1 Å². The van der Waals surface area contributed by atoms with Crippen LogP contribution in [0.3, 0.4) is 0 Å². The van der Waals surface area contributed by atoms with Crippen LogP contribution in [0.25, 0.3) is 0 Å². The van der Waals surface area contributed by atoms with E-state index in [9.17, 15) is 20.4 Å². The van der Waals surface area contributed by atoms with E-state index < -0.39 is 11.8 Å². The second kappa shape index (κ2) is 5.53. The van der Waals surface area contributed by atoms with Crippen LogP contribution in [0, 0.1) is 0 Å². The molecule has 1 rings (SSSR count). The Kier molecular flexibility index (Phi) is 4.53. The maximum atomic E-state index is 9.55. The van der Waals surface area contributed by atoms with Gasteiger partial charge in [0.2, 0.25) is 11.8 Å². The molecule has 1 aromatic carbocycles. The largest absolute Gasteiger partial charge is 0.349 e. The lowest BCUT2D eigenvalue weighted by Crippen LogP contribution is -2.39. The summed E-state index contributed by atoms with van der Waals surface area (Å²) in [5.74, 6) is -4.09. The van der Waals surface area contributed by atoms with Gasteiger partial charge in [0.15, 0.2) is 0 Å². The minimum absolute atomic E-state index is 0.0819. The lowest BCUT2D eigenvalue weighted by atomic mass is 10.2. The zero-order chi connectivity index (χ0) is 13.8. The van der Waals surface area contributed by atoms with Crippen molar-refractivity contribution >= 4 is 11.4 Å². The van der Waals surface area contributed by atoms with E-state index in [-0.39, 0.29) is 12.8 Å². The van der Waals surface area contributed by atoms with Crippen LogP contribution in [0.1, 0.15) is 26.7 Å². The molecule has 0 saturated heterocycles. The number of anilines is 2. The molecule has 6 nitrogen and oxygen atoms in total. The fourth-order valence-corrected chi connectivity index (χ4v) is 1.31. The summed E-state index contributed by atoms with van der Waals surface area (Å²) in [6.07, 6.45) is 0.164. The second-order valence-electron chi connectivity index (χ2n) is 4.14. The number of aliphatic hydroxyl groups is 4. The molecule has 0 unspecified atom stereocenters. The molecule has 0 aromatic heterocycles. The van der Waals surface area contributed by atoms with Crippen LogP contribution < -0.4 is 10.6 Å². The molecule has 0 bridgehead atoms. The SMILES string of the molecule is CCC(O)(O)Nc1ccccc1NC(O)(O)CC. The van der Waals surface area contributed by atoms with E-state index in [0.29, 0.717) is 11.4 Å². The summed E-state index contributed by atoms with van der Waals surface area (Å²) in [6, 6.07) is 6.60. The highest BCUT2D eigenvalue weighted by Crippen LogP contribution is 2.26. The minimum Gasteiger partial charge on any atom is -0.349 e. The standard InChI is InChI=1S/C12H20N2O4/c1-3-11(15,16)13-9-7-5-6-8-10(9)14-12(17,18)4-2/h5-8,13-18H,3-4H2,1-2H3. The number of benzene rings is 1. The molecule has 0 fully saturated rings. The summed E-state index contributed by atoms with van der Waals surface area (Å²) < 4.78 is 0. The van der Waals surface area contributed by atoms with E-state index >= 15 is 0 Å². The molecule has 102 valence electrons. The van der Waals surface area contributed by atoms with Crippen LogP contribution >= 0.6 is 0 Å². The molecule has 18 heavy (non-hydrogen) atoms. The van der Waals surface area contributed by atoms with E-state index in [1.54, 1.807) is 38.1 Å². The summed E-state index contributed by atoms with van der Waals surface area (Å²) in [7, 11) is 0. The zero-order valence-electron chi connectivity index (χ0n) is 10.5. The van der Waals surface area contributed by atoms with Crippen LogP contribution in [0.4, 0.5) is 11.4 Å². The number of nitrogens with one attached hydrogen (secondary N) is 2. The smallest absolute Gasteiger partial charge is 0.243 e. The maximum absolute atomic E-state index is 9.55. The minimum atomic E-state index is -2.04. The molecule has 0 spiro atoms. The highest BCUT2D eigenvalue weighted by Gasteiger charge is 2.24. The monoisotopic (exact) mass is 256 g/mol. The van der Waals surface area contributed by atoms with Gasteiger partial charge in [-0.3, -0.25) is 0 Å². The van der Waals surface area contributed by atoms with Gasteiger partial charge in [-0.15, -0.1) is 0 Å². The topological polar surface area (TPSA) is 105 Å². The number of rotatable bonds is 6. The number of para-hydroxylation sites is 2. The predicted octanol–water partition coefficient (Wildman–Crippen LogP) is 0.607. The lowest BCUT2D eigenvalue weighted by Gasteiger charge is -2.27. The van der Waals surface area contributed by atoms with Crippen LogP contribution in [-0.2, 0) is 0 Å². The van der Waals surface area contributed by atoms with Crippen molar-refractivity contribution in [2.75, 3.05) is 10.6 Å². The van der Waals surface area contributed by atoms with Crippen molar-refractivity contribution in [3.05, 3.63) is 24.3 Å². The van der Waals surface area contributed by atoms with Gasteiger partial charge >= 0.3 is 0 Å². The second-order valence-corrected chi connectivity index (χ2v) is 4.14. The Labute approximate surface area is 106 Å². The van der Waals surface area contributed by atoms with E-state index in [4.69, 9.17) is 0 Å². The summed E-state index contributed by atoms with van der Waals surface area (Å²) in [5, 5.41) is 43.2. The first-order valence-corrected chi connectivity index (χ1v) is 5.84. The van der Waals surface area contributed by atoms with Crippen molar-refractivity contribution < 1.29 is 20.4 Å². The van der Waals surface area contributed by atoms with E-state index in [0.717, 1.165) is 0 Å². The molecular weight excluding hydrogens is 236 g/mol. The van der Waals surface area contributed by atoms with Gasteiger partial charge in [0.25, 0.3) is 0 Å². The number of hydrogen-bond donors (Lipinski definition) is 6. The van der Waals surface area contributed by atoms with Crippen molar-refractivity contribution in [2.45, 2.75) is 38.5 Å². The van der Waals surface area contributed by atoms with Crippen molar-refractivity contribution in [1.29, 1.82) is 0 Å². The van der Waals surface area contributed by atoms with Crippen LogP contribution in [0.2, 0.25) is 0 Å². The molecule has 0 aliphatic carbocycles. The first-order chi connectivity index (χ1) is 8.29. The van der Waals surface area contributed by atoms with Crippen molar-refractivity contribution in [3.63, 3.8) is 0 Å². The highest BCUT2D eigenvalue weighted by molar-refractivity contribution is 5.69. The Morgan fingerprint density at radius 2 is 1.17 bits per heavy atom. The van der Waals surface area contributed by atoms with Gasteiger partial charge in [-0.2, -0.15) is 0 Å². The summed E-state index contributed by atoms with van der Waals surface area (Å²) >= 11 is 0. The van der Waals surface area contributed by atoms with Gasteiger partial charge in [0, 0.05) is 12.8 Å². The summed E-state index contributed by atoms with van der Waals surface area (Å²) in [5.41, 5.74) is 0.732. The molecular formula is C12H20N2O4. The molecule has 0 amide bonds. The fraction of sp³-hybridized carbons (Fsp3) is 0.500. The third-order valence-electron chi connectivity index (χ3n) is 2.58. The Morgan fingerprint density at radius 1 is 0.833 bits per heavy atom. The Morgan fingerprint density at radius 3 is 1.44 bits per heavy atom. The molecule has 6 N–H and O–H groups in total. The molecule has 0 radical (unpaired) electrons. The van der Waals surface area contributed by atoms with Gasteiger partial charge in [-0.25, -0.2) is 0 Å². The van der Waals surface area contributed by atoms with Crippen LogP contribution in [-0.4, -0.2) is 32.2 Å².